The number of carbonyl (C=O) groups is 15. The first-order valence-electron chi connectivity index (χ1n) is 36.8. The smallest absolute Gasteiger partial charge is 0.508 e. The largest absolute Gasteiger partial charge is 0.652 e. The average Bonchev–Trinajstić information content (AvgIpc) is 1.78. The molecule has 0 bridgehead atoms. The SMILES string of the molecule is NC(N)=O.NCCN1CCNC1=O.NCCNC(=O)NCCN.NCCNC(=O)[O-].NCCNCCN1CCNC1=O.NCC[NH3+].NCC[NH3+].NCC[NH3+].NCC[NH3+].O=C([O-])CCCNC(=O)[O-].O=C([O-])O.O=C([O-])[O-].O=C1NCCN1.O=C1NCCN1CCN1CCNC1=O.O=C1NCCN1CCO.O=C1OCCO1.O=C=O.[NH3+]CCNC(=O)[O-]. The second kappa shape index (κ2) is 108. The van der Waals surface area contributed by atoms with Crippen molar-refractivity contribution in [1.29, 1.82) is 0 Å². The summed E-state index contributed by atoms with van der Waals surface area (Å²) in [5.74, 6) is -1.18. The van der Waals surface area contributed by atoms with Gasteiger partial charge >= 0.3 is 60.6 Å². The lowest BCUT2D eigenvalue weighted by molar-refractivity contribution is -0.415. The molecule has 7 heterocycles. The number of carbonyl (C=O) groups excluding carboxylic acids is 16. The van der Waals surface area contributed by atoms with Crippen molar-refractivity contribution in [2.45, 2.75) is 12.8 Å². The van der Waals surface area contributed by atoms with Crippen molar-refractivity contribution < 1.29 is 166 Å². The summed E-state index contributed by atoms with van der Waals surface area (Å²) in [6.07, 6.45) is -8.52. The van der Waals surface area contributed by atoms with Crippen LogP contribution in [0, 0.1) is 0 Å². The Morgan fingerprint density at radius 1 is 0.397 bits per heavy atom. The number of hydrogen-bond acceptors (Lipinski definition) is 37. The van der Waals surface area contributed by atoms with Gasteiger partial charge < -0.3 is 270 Å². The number of β-amino-alcohol motifs (C(OH)–C–C–N with tert-alkyl or cyclic N) is 1. The van der Waals surface area contributed by atoms with Gasteiger partial charge in [0.15, 0.2) is 0 Å². The Kier molecular flexibility index (Phi) is 118. The topological polar surface area (TPSA) is 1110 Å². The fourth-order valence-electron chi connectivity index (χ4n) is 6.51. The standard InChI is InChI=1S/C8H14N4O2.C7H16N4O.C5H14N4O.C5H11N3O.C5H10N2O2.C5H9NO4.2C3H8N2O2.C3H6N2O.C3H4O3.4C2H8N2.CH4N2O.2CH2O3.CO2/c13-7-9-1-3-11(7)5-6-12-4-2-10-8(12)14;8-1-2-9-3-5-11-6-4-10-7(11)12;6-1-3-8-5(10)9-4-2-7;6-1-3-8-4-2-7-5(8)9;8-4-3-7-2-1-6-5(7)9;7-4(8)2-1-3-6-5(9)10;2*4-1-2-5-3(6)7;6-3-4-1-2-5-3;4-3-5-1-2-6-3;4*3-1-2-4;3*2-1(3)4;2-1-3/h1-6H2,(H,9,13)(H,10,14);9H,1-6,8H2,(H,10,12);1-4,6-7H2,(H2,8,9,10);1-4,6H2,(H,7,9);8H,1-4H2,(H,6,9);6H,1-3H2,(H,7,8)(H,9,10);2*5H,1-2,4H2,(H,6,7);1-2H2,(H2,4,5,6);1-2H2;4*1-4H2;(H4,2,3,4);2*(H2,2,3,4);/p-2. The molecule has 7 rings (SSSR count). The first-order chi connectivity index (χ1) is 57.3. The van der Waals surface area contributed by atoms with Crippen LogP contribution in [0.2, 0.25) is 0 Å². The van der Waals surface area contributed by atoms with E-state index in [9.17, 15) is 78.0 Å². The highest BCUT2D eigenvalue weighted by Crippen LogP contribution is 2.01. The van der Waals surface area contributed by atoms with Crippen LogP contribution in [0.3, 0.4) is 0 Å². The van der Waals surface area contributed by atoms with Crippen molar-refractivity contribution in [3.63, 3.8) is 0 Å². The summed E-state index contributed by atoms with van der Waals surface area (Å²) in [6, 6.07) is -1.14. The summed E-state index contributed by atoms with van der Waals surface area (Å²) in [5.41, 5.74) is 71.4. The Bertz CT molecular complexity index is 2420. The Hall–Kier alpha value is -12.0. The molecule has 7 aliphatic rings. The molecular weight excluding hydrogens is 1630 g/mol. The fraction of sp³-hybridized carbons (Fsp3) is 0.729. The number of cyclic esters (lactones) is 2. The number of nitrogens with one attached hydrogen (secondary N) is 13. The fourth-order valence-corrected chi connectivity index (χ4v) is 6.51. The predicted molar refractivity (Wildman–Crippen MR) is 412 cm³/mol. The molecule has 0 atom stereocenters. The molecule has 0 radical (unpaired) electrons. The van der Waals surface area contributed by atoms with Crippen LogP contribution in [0.1, 0.15) is 12.8 Å². The molecule has 0 aromatic carbocycles. The van der Waals surface area contributed by atoms with E-state index in [0.717, 1.165) is 105 Å². The molecule has 7 saturated heterocycles. The number of aliphatic carboxylic acids is 1. The summed E-state index contributed by atoms with van der Waals surface area (Å²) in [7, 11) is 0. The van der Waals surface area contributed by atoms with E-state index in [1.165, 1.54) is 0 Å². The molecule has 0 aromatic rings. The average molecular weight is 1770 g/mol. The summed E-state index contributed by atoms with van der Waals surface area (Å²) in [5, 5.41) is 112. The van der Waals surface area contributed by atoms with Crippen LogP contribution in [0.25, 0.3) is 0 Å². The van der Waals surface area contributed by atoms with E-state index in [-0.39, 0.29) is 80.9 Å². The van der Waals surface area contributed by atoms with Crippen LogP contribution in [0.5, 0.6) is 0 Å². The molecule has 0 unspecified atom stereocenters. The molecule has 0 aliphatic carbocycles. The monoisotopic (exact) mass is 1770 g/mol. The van der Waals surface area contributed by atoms with E-state index >= 15 is 0 Å². The second-order valence-electron chi connectivity index (χ2n) is 21.4. The lowest BCUT2D eigenvalue weighted by atomic mass is 10.3. The second-order valence-corrected chi connectivity index (χ2v) is 21.4. The number of carboxylic acids is 1. The van der Waals surface area contributed by atoms with Gasteiger partial charge in [-0.2, -0.15) is 9.59 Å². The van der Waals surface area contributed by atoms with Gasteiger partial charge in [0.25, 0.3) is 0 Å². The van der Waals surface area contributed by atoms with E-state index in [1.54, 1.807) is 24.5 Å². The van der Waals surface area contributed by atoms with E-state index in [2.05, 4.69) is 103 Å². The van der Waals surface area contributed by atoms with Gasteiger partial charge in [-0.25, -0.2) is 43.2 Å². The first-order valence-corrected chi connectivity index (χ1v) is 36.8. The number of urea groups is 8. The van der Waals surface area contributed by atoms with Crippen molar-refractivity contribution >= 4 is 97.1 Å². The Morgan fingerprint density at radius 3 is 0.868 bits per heavy atom. The van der Waals surface area contributed by atoms with Crippen LogP contribution in [-0.2, 0) is 23.9 Å². The van der Waals surface area contributed by atoms with Gasteiger partial charge in [-0.3, -0.25) is 0 Å². The van der Waals surface area contributed by atoms with E-state index < -0.39 is 48.7 Å². The number of carboxylic acid groups (broad SMARTS) is 8. The highest BCUT2D eigenvalue weighted by atomic mass is 16.8. The number of hydrogen-bond donors (Lipinski definition) is 31. The van der Waals surface area contributed by atoms with E-state index in [0.29, 0.717) is 144 Å². The zero-order chi connectivity index (χ0) is 95.3. The highest BCUT2D eigenvalue weighted by molar-refractivity contribution is 5.79. The number of ether oxygens (including phenoxy) is 2. The van der Waals surface area contributed by atoms with Crippen LogP contribution >= 0.6 is 0 Å². The van der Waals surface area contributed by atoms with Crippen molar-refractivity contribution in [3.8, 4) is 0 Å². The quantitative estimate of drug-likeness (QED) is 0.0255. The van der Waals surface area contributed by atoms with Crippen molar-refractivity contribution in [1.82, 2.24) is 93.6 Å². The maximum atomic E-state index is 11.2. The third-order valence-electron chi connectivity index (χ3n) is 11.6. The van der Waals surface area contributed by atoms with Crippen molar-refractivity contribution in [2.24, 2.45) is 63.1 Å². The first kappa shape index (κ1) is 132. The maximum Gasteiger partial charge on any atom is 0.508 e. The minimum Gasteiger partial charge on any atom is -0.652 e. The molecule has 62 heteroatoms. The van der Waals surface area contributed by atoms with E-state index in [4.69, 9.17) is 101 Å². The number of nitrogens with two attached hydrogens (primary N) is 11. The van der Waals surface area contributed by atoms with Gasteiger partial charge in [0.1, 0.15) is 31.5 Å². The molecule has 714 valence electrons. The third kappa shape index (κ3) is 132. The van der Waals surface area contributed by atoms with Gasteiger partial charge in [-0.15, -0.1) is 0 Å². The number of aliphatic hydroxyl groups excluding tert-OH is 1. The summed E-state index contributed by atoms with van der Waals surface area (Å²) in [4.78, 5) is 174. The molecular formula is C59H138N34O28-2. The number of amides is 19. The van der Waals surface area contributed by atoms with Crippen LogP contribution in [0.4, 0.5) is 67.1 Å². The molecule has 121 heavy (non-hydrogen) atoms. The van der Waals surface area contributed by atoms with E-state index in [1.807, 2.05) is 16.0 Å². The predicted octanol–water partition coefficient (Wildman–Crippen LogP) is -26.7. The van der Waals surface area contributed by atoms with Gasteiger partial charge in [-0.05, 0) is 19.0 Å². The van der Waals surface area contributed by atoms with Crippen molar-refractivity contribution in [3.05, 3.63) is 0 Å². The van der Waals surface area contributed by atoms with Crippen molar-refractivity contribution in [2.75, 3.05) is 269 Å². The molecule has 0 aromatic heterocycles. The number of aliphatic hydroxyl groups is 1. The normalized spacial score (nSPS) is 12.9. The van der Waals surface area contributed by atoms with Gasteiger partial charge in [0, 0.05) is 215 Å². The maximum absolute atomic E-state index is 11.2. The molecule has 52 N–H and O–H groups in total. The summed E-state index contributed by atoms with van der Waals surface area (Å²) in [6.45, 7) is 25.6. The number of rotatable bonds is 28. The molecule has 0 saturated carbocycles. The van der Waals surface area contributed by atoms with Gasteiger partial charge in [-0.1, -0.05) is 0 Å². The highest BCUT2D eigenvalue weighted by Gasteiger charge is 2.24. The number of primary amides is 2. The minimum absolute atomic E-state index is 0.0143. The Morgan fingerprint density at radius 2 is 0.669 bits per heavy atom. The third-order valence-corrected chi connectivity index (χ3v) is 11.6. The van der Waals surface area contributed by atoms with Crippen LogP contribution in [0.15, 0.2) is 0 Å². The van der Waals surface area contributed by atoms with Crippen LogP contribution < -0.4 is 197 Å². The summed E-state index contributed by atoms with van der Waals surface area (Å²) < 4.78 is 8.58. The lowest BCUT2D eigenvalue weighted by Gasteiger charge is -2.19. The zero-order valence-electron chi connectivity index (χ0n) is 68.5. The molecule has 7 aliphatic heterocycles. The molecule has 62 nitrogen and oxygen atoms in total. The number of quaternary nitrogens is 5. The van der Waals surface area contributed by atoms with Gasteiger partial charge in [0.2, 0.25) is 6.16 Å². The minimum atomic E-state index is -2.33. The lowest BCUT2D eigenvalue weighted by Crippen LogP contribution is -2.56. The molecule has 19 amide bonds. The molecule has 7 fully saturated rings. The van der Waals surface area contributed by atoms with Gasteiger partial charge in [0.05, 0.1) is 45.9 Å². The zero-order valence-corrected chi connectivity index (χ0v) is 68.5. The summed E-state index contributed by atoms with van der Waals surface area (Å²) >= 11 is 0. The number of nitrogens with zero attached hydrogens (tertiary/aromatic N) is 5. The Labute approximate surface area is 698 Å². The Balaban J connectivity index is -0.000000120. The van der Waals surface area contributed by atoms with Crippen LogP contribution in [-0.4, -0.2) is 400 Å². The molecule has 0 spiro atoms.